The second-order valence-electron chi connectivity index (χ2n) is 4.36. The fourth-order valence-electron chi connectivity index (χ4n) is 2.11. The van der Waals surface area contributed by atoms with Crippen LogP contribution in [0.5, 0.6) is 0 Å². The molecule has 0 saturated heterocycles. The van der Waals surface area contributed by atoms with E-state index in [1.165, 1.54) is 25.7 Å². The fraction of sp³-hybridized carbons (Fsp3) is 0.462. The molecule has 1 fully saturated rings. The van der Waals surface area contributed by atoms with Crippen molar-refractivity contribution in [1.82, 2.24) is 5.32 Å². The van der Waals surface area contributed by atoms with Crippen LogP contribution in [0.4, 0.5) is 5.69 Å². The Morgan fingerprint density at radius 1 is 1.41 bits per heavy atom. The van der Waals surface area contributed by atoms with Gasteiger partial charge in [-0.25, -0.2) is 0 Å². The molecular formula is C13H18N2OS. The van der Waals surface area contributed by atoms with Crippen LogP contribution in [0.1, 0.15) is 36.0 Å². The van der Waals surface area contributed by atoms with Crippen LogP contribution < -0.4 is 11.1 Å². The van der Waals surface area contributed by atoms with Crippen molar-refractivity contribution in [3.8, 4) is 0 Å². The minimum absolute atomic E-state index is 0.0572. The smallest absolute Gasteiger partial charge is 0.251 e. The van der Waals surface area contributed by atoms with Gasteiger partial charge in [-0.3, -0.25) is 4.79 Å². The maximum Gasteiger partial charge on any atom is 0.251 e. The van der Waals surface area contributed by atoms with Crippen LogP contribution in [0.3, 0.4) is 0 Å². The molecule has 0 radical (unpaired) electrons. The van der Waals surface area contributed by atoms with Crippen molar-refractivity contribution in [3.05, 3.63) is 23.8 Å². The van der Waals surface area contributed by atoms with Crippen LogP contribution in [0.2, 0.25) is 0 Å². The number of thioether (sulfide) groups is 1. The van der Waals surface area contributed by atoms with E-state index in [4.69, 9.17) is 5.73 Å². The molecule has 0 unspecified atom stereocenters. The molecule has 17 heavy (non-hydrogen) atoms. The first kappa shape index (κ1) is 12.3. The molecule has 1 aromatic rings. The normalized spacial score (nSPS) is 16.1. The predicted octanol–water partition coefficient (Wildman–Crippen LogP) is 2.66. The van der Waals surface area contributed by atoms with Gasteiger partial charge >= 0.3 is 0 Å². The quantitative estimate of drug-likeness (QED) is 0.811. The molecule has 0 heterocycles. The molecule has 1 saturated carbocycles. The molecule has 1 aromatic carbocycles. The van der Waals surface area contributed by atoms with Crippen LogP contribution in [-0.2, 0) is 0 Å². The molecule has 1 aliphatic rings. The third kappa shape index (κ3) is 2.94. The second kappa shape index (κ2) is 5.45. The highest BCUT2D eigenvalue weighted by Crippen LogP contribution is 2.37. The maximum atomic E-state index is 11.6. The lowest BCUT2D eigenvalue weighted by Crippen LogP contribution is -2.17. The summed E-state index contributed by atoms with van der Waals surface area (Å²) in [7, 11) is 1.64. The number of hydrogen-bond donors (Lipinski definition) is 2. The summed E-state index contributed by atoms with van der Waals surface area (Å²) in [6.07, 6.45) is 5.14. The number of nitrogen functional groups attached to an aromatic ring is 1. The summed E-state index contributed by atoms with van der Waals surface area (Å²) in [5.74, 6) is -0.0572. The highest BCUT2D eigenvalue weighted by Gasteiger charge is 2.18. The summed E-state index contributed by atoms with van der Waals surface area (Å²) >= 11 is 1.81. The van der Waals surface area contributed by atoms with Crippen molar-refractivity contribution in [3.63, 3.8) is 0 Å². The molecule has 0 atom stereocenters. The zero-order valence-corrected chi connectivity index (χ0v) is 10.8. The van der Waals surface area contributed by atoms with E-state index in [1.807, 2.05) is 23.9 Å². The predicted molar refractivity (Wildman–Crippen MR) is 72.4 cm³/mol. The van der Waals surface area contributed by atoms with Gasteiger partial charge in [0.25, 0.3) is 5.91 Å². The van der Waals surface area contributed by atoms with Gasteiger partial charge in [0.05, 0.1) is 0 Å². The number of benzene rings is 1. The van der Waals surface area contributed by atoms with E-state index >= 15 is 0 Å². The molecular weight excluding hydrogens is 232 g/mol. The third-order valence-corrected chi connectivity index (χ3v) is 4.51. The highest BCUT2D eigenvalue weighted by atomic mass is 32.2. The minimum Gasteiger partial charge on any atom is -0.398 e. The molecule has 3 nitrogen and oxygen atoms in total. The molecule has 3 N–H and O–H groups in total. The Morgan fingerprint density at radius 2 is 2.12 bits per heavy atom. The Kier molecular flexibility index (Phi) is 3.94. The molecule has 1 aliphatic carbocycles. The van der Waals surface area contributed by atoms with Crippen molar-refractivity contribution < 1.29 is 4.79 Å². The standard InChI is InChI=1S/C13H18N2OS/c1-15-13(16)9-6-7-11(14)12(8-9)17-10-4-2-3-5-10/h6-8,10H,2-5,14H2,1H3,(H,15,16). The van der Waals surface area contributed by atoms with Gasteiger partial charge in [-0.1, -0.05) is 12.8 Å². The van der Waals surface area contributed by atoms with E-state index in [0.29, 0.717) is 10.8 Å². The van der Waals surface area contributed by atoms with Crippen molar-refractivity contribution >= 4 is 23.4 Å². The number of carbonyl (C=O) groups is 1. The molecule has 2 rings (SSSR count). The Balaban J connectivity index is 2.16. The Morgan fingerprint density at radius 3 is 2.76 bits per heavy atom. The molecule has 4 heteroatoms. The molecule has 0 bridgehead atoms. The first-order valence-electron chi connectivity index (χ1n) is 5.99. The lowest BCUT2D eigenvalue weighted by molar-refractivity contribution is 0.0963. The van der Waals surface area contributed by atoms with Crippen LogP contribution in [0.15, 0.2) is 23.1 Å². The number of amides is 1. The van der Waals surface area contributed by atoms with E-state index in [2.05, 4.69) is 5.32 Å². The van der Waals surface area contributed by atoms with Crippen LogP contribution in [-0.4, -0.2) is 18.2 Å². The Hall–Kier alpha value is -1.16. The summed E-state index contributed by atoms with van der Waals surface area (Å²) in [4.78, 5) is 12.6. The van der Waals surface area contributed by atoms with E-state index in [9.17, 15) is 4.79 Å². The third-order valence-electron chi connectivity index (χ3n) is 3.10. The Labute approximate surface area is 106 Å². The van der Waals surface area contributed by atoms with Gasteiger partial charge in [-0.05, 0) is 31.0 Å². The zero-order valence-electron chi connectivity index (χ0n) is 10.0. The lowest BCUT2D eigenvalue weighted by atomic mass is 10.2. The first-order chi connectivity index (χ1) is 8.20. The number of hydrogen-bond acceptors (Lipinski definition) is 3. The summed E-state index contributed by atoms with van der Waals surface area (Å²) in [5, 5.41) is 3.30. The van der Waals surface area contributed by atoms with Gasteiger partial charge in [0.2, 0.25) is 0 Å². The van der Waals surface area contributed by atoms with E-state index < -0.39 is 0 Å². The van der Waals surface area contributed by atoms with E-state index in [0.717, 1.165) is 10.6 Å². The zero-order chi connectivity index (χ0) is 12.3. The van der Waals surface area contributed by atoms with Gasteiger partial charge in [0, 0.05) is 28.4 Å². The largest absolute Gasteiger partial charge is 0.398 e. The monoisotopic (exact) mass is 250 g/mol. The van der Waals surface area contributed by atoms with Crippen LogP contribution >= 0.6 is 11.8 Å². The van der Waals surface area contributed by atoms with Crippen molar-refractivity contribution in [2.45, 2.75) is 35.8 Å². The molecule has 0 aliphatic heterocycles. The molecule has 0 aromatic heterocycles. The average molecular weight is 250 g/mol. The van der Waals surface area contributed by atoms with Crippen molar-refractivity contribution in [1.29, 1.82) is 0 Å². The highest BCUT2D eigenvalue weighted by molar-refractivity contribution is 8.00. The number of rotatable bonds is 3. The lowest BCUT2D eigenvalue weighted by Gasteiger charge is -2.12. The van der Waals surface area contributed by atoms with Gasteiger partial charge in [-0.2, -0.15) is 0 Å². The topological polar surface area (TPSA) is 55.1 Å². The average Bonchev–Trinajstić information content (AvgIpc) is 2.84. The number of carbonyl (C=O) groups excluding carboxylic acids is 1. The maximum absolute atomic E-state index is 11.6. The SMILES string of the molecule is CNC(=O)c1ccc(N)c(SC2CCCC2)c1. The second-order valence-corrected chi connectivity index (χ2v) is 5.70. The van der Waals surface area contributed by atoms with Gasteiger partial charge in [0.15, 0.2) is 0 Å². The molecule has 0 spiro atoms. The number of nitrogens with two attached hydrogens (primary N) is 1. The summed E-state index contributed by atoms with van der Waals surface area (Å²) in [6, 6.07) is 5.49. The van der Waals surface area contributed by atoms with Gasteiger partial charge in [0.1, 0.15) is 0 Å². The summed E-state index contributed by atoms with van der Waals surface area (Å²) in [5.41, 5.74) is 7.41. The summed E-state index contributed by atoms with van der Waals surface area (Å²) < 4.78 is 0. The van der Waals surface area contributed by atoms with Crippen molar-refractivity contribution in [2.75, 3.05) is 12.8 Å². The fourth-order valence-corrected chi connectivity index (χ4v) is 3.44. The van der Waals surface area contributed by atoms with Gasteiger partial charge in [-0.15, -0.1) is 11.8 Å². The number of nitrogens with one attached hydrogen (secondary N) is 1. The van der Waals surface area contributed by atoms with E-state index in [-0.39, 0.29) is 5.91 Å². The van der Waals surface area contributed by atoms with Crippen molar-refractivity contribution in [2.24, 2.45) is 0 Å². The number of anilines is 1. The molecule has 1 amide bonds. The molecule has 92 valence electrons. The van der Waals surface area contributed by atoms with E-state index in [1.54, 1.807) is 13.1 Å². The minimum atomic E-state index is -0.0572. The first-order valence-corrected chi connectivity index (χ1v) is 6.87. The van der Waals surface area contributed by atoms with Gasteiger partial charge < -0.3 is 11.1 Å². The summed E-state index contributed by atoms with van der Waals surface area (Å²) in [6.45, 7) is 0. The van der Waals surface area contributed by atoms with Crippen LogP contribution in [0.25, 0.3) is 0 Å². The van der Waals surface area contributed by atoms with Crippen LogP contribution in [0, 0.1) is 0 Å². The Bertz CT molecular complexity index is 414.